The molecule has 0 aliphatic carbocycles. The van der Waals surface area contributed by atoms with E-state index < -0.39 is 87.8 Å². The molecule has 22 heteroatoms. The topological polar surface area (TPSA) is 268 Å². The molecule has 0 saturated carbocycles. The number of fused-ring (bicyclic) bond motifs is 2. The monoisotopic (exact) mass is 867 g/mol. The van der Waals surface area contributed by atoms with E-state index in [-0.39, 0.29) is 76.1 Å². The molecule has 320 valence electrons. The van der Waals surface area contributed by atoms with E-state index in [1.165, 1.54) is 60.7 Å². The Kier molecular flexibility index (Phi) is 11.2. The van der Waals surface area contributed by atoms with E-state index in [2.05, 4.69) is 21.3 Å². The van der Waals surface area contributed by atoms with Crippen LogP contribution in [0.1, 0.15) is 93.4 Å². The number of piperidine rings is 2. The van der Waals surface area contributed by atoms with Gasteiger partial charge in [-0.05, 0) is 61.4 Å². The van der Waals surface area contributed by atoms with Crippen LogP contribution in [0, 0.1) is 10.1 Å². The van der Waals surface area contributed by atoms with E-state index in [0.29, 0.717) is 6.07 Å². The molecule has 4 aliphatic rings. The third-order valence-electron chi connectivity index (χ3n) is 10.2. The molecular weight excluding hydrogens is 839 g/mol. The van der Waals surface area contributed by atoms with Gasteiger partial charge in [0, 0.05) is 36.1 Å². The minimum absolute atomic E-state index is 0.00547. The van der Waals surface area contributed by atoms with Crippen LogP contribution in [-0.2, 0) is 25.4 Å². The number of carbonyl (C=O) groups excluding carboxylic acids is 10. The Morgan fingerprint density at radius 1 is 0.619 bits per heavy atom. The molecule has 2 atom stereocenters. The summed E-state index contributed by atoms with van der Waals surface area (Å²) < 4.78 is 38.8. The van der Waals surface area contributed by atoms with Gasteiger partial charge >= 0.3 is 6.18 Å². The number of hydrogen-bond donors (Lipinski definition) is 4. The molecule has 4 aromatic carbocycles. The van der Waals surface area contributed by atoms with Gasteiger partial charge in [0.2, 0.25) is 23.6 Å². The molecular formula is C41H28F3N7O12. The van der Waals surface area contributed by atoms with Gasteiger partial charge in [0.15, 0.2) is 0 Å². The molecule has 0 radical (unpaired) electrons. The van der Waals surface area contributed by atoms with Gasteiger partial charge in [0.1, 0.15) is 12.1 Å². The van der Waals surface area contributed by atoms with Crippen LogP contribution in [0.25, 0.3) is 0 Å². The van der Waals surface area contributed by atoms with Crippen molar-refractivity contribution in [3.63, 3.8) is 0 Å². The third-order valence-corrected chi connectivity index (χ3v) is 10.2. The van der Waals surface area contributed by atoms with Crippen LogP contribution in [0.4, 0.5) is 30.2 Å². The standard InChI is InChI=1S/C21H14F3N3O5.C20H14N4O7/c22-21(23,24)11-4-1-3-10(9-11)17(29)25-13-6-2-5-12-16(13)20(32)27(19(12)31)14-7-8-15(28)26-18(14)30;25-15-8-7-14(18(27)22-15)23-19(28)12-5-2-6-13(16(12)20(23)29)21-17(26)10-3-1-4-11(9-10)24(30)31/h1-6,9,14H,7-8H2,(H,25,29)(H,26,28,30);1-6,9,14H,7-8H2,(H,21,26)(H,22,25,27). The van der Waals surface area contributed by atoms with Gasteiger partial charge < -0.3 is 10.6 Å². The lowest BCUT2D eigenvalue weighted by Crippen LogP contribution is -2.54. The molecule has 2 saturated heterocycles. The first-order chi connectivity index (χ1) is 29.8. The molecule has 2 unspecified atom stereocenters. The zero-order valence-electron chi connectivity index (χ0n) is 31.9. The minimum Gasteiger partial charge on any atom is -0.321 e. The maximum Gasteiger partial charge on any atom is 0.416 e. The van der Waals surface area contributed by atoms with Crippen molar-refractivity contribution in [3.05, 3.63) is 134 Å². The van der Waals surface area contributed by atoms with Crippen molar-refractivity contribution < 1.29 is 66.0 Å². The molecule has 10 amide bonds. The highest BCUT2D eigenvalue weighted by molar-refractivity contribution is 6.27. The Morgan fingerprint density at radius 3 is 1.48 bits per heavy atom. The summed E-state index contributed by atoms with van der Waals surface area (Å²) in [7, 11) is 0. The number of benzene rings is 4. The van der Waals surface area contributed by atoms with Crippen LogP contribution in [0.15, 0.2) is 84.9 Å². The first kappa shape index (κ1) is 42.7. The number of amides is 10. The first-order valence-electron chi connectivity index (χ1n) is 18.6. The predicted molar refractivity (Wildman–Crippen MR) is 207 cm³/mol. The van der Waals surface area contributed by atoms with Crippen molar-refractivity contribution >= 4 is 76.1 Å². The van der Waals surface area contributed by atoms with Crippen LogP contribution >= 0.6 is 0 Å². The molecule has 0 bridgehead atoms. The Balaban J connectivity index is 0.000000189. The second-order valence-corrected chi connectivity index (χ2v) is 14.1. The van der Waals surface area contributed by atoms with Crippen molar-refractivity contribution in [2.75, 3.05) is 10.6 Å². The van der Waals surface area contributed by atoms with Crippen molar-refractivity contribution in [2.45, 2.75) is 43.9 Å². The maximum absolute atomic E-state index is 13.0. The highest BCUT2D eigenvalue weighted by Crippen LogP contribution is 2.35. The first-order valence-corrected chi connectivity index (χ1v) is 18.6. The second kappa shape index (κ2) is 16.6. The number of nitro benzene ring substituents is 1. The fourth-order valence-corrected chi connectivity index (χ4v) is 7.22. The third kappa shape index (κ3) is 8.23. The molecule has 4 N–H and O–H groups in total. The summed E-state index contributed by atoms with van der Waals surface area (Å²) in [6, 6.07) is 14.8. The number of non-ortho nitro benzene ring substituents is 1. The van der Waals surface area contributed by atoms with Gasteiger partial charge in [-0.15, -0.1) is 0 Å². The Hall–Kier alpha value is -8.43. The SMILES string of the molecule is O=C1CCC(N2C(=O)c3cccc(NC(=O)c4cccc(C(F)(F)F)c4)c3C2=O)C(=O)N1.O=C1CCC(N2C(=O)c3cccc(NC(=O)c4cccc([N+](=O)[O-])c4)c3C2=O)C(=O)N1. The molecule has 19 nitrogen and oxygen atoms in total. The van der Waals surface area contributed by atoms with Crippen LogP contribution in [0.3, 0.4) is 0 Å². The molecule has 4 heterocycles. The zero-order valence-corrected chi connectivity index (χ0v) is 31.9. The number of anilines is 2. The summed E-state index contributed by atoms with van der Waals surface area (Å²) >= 11 is 0. The molecule has 4 aliphatic heterocycles. The number of imide groups is 4. The lowest BCUT2D eigenvalue weighted by Gasteiger charge is -2.27. The van der Waals surface area contributed by atoms with E-state index in [1.54, 1.807) is 0 Å². The molecule has 4 aromatic rings. The Morgan fingerprint density at radius 2 is 1.05 bits per heavy atom. The molecule has 2 fully saturated rings. The molecule has 0 spiro atoms. The minimum atomic E-state index is -4.64. The van der Waals surface area contributed by atoms with Crippen LogP contribution in [-0.4, -0.2) is 85.9 Å². The number of carbonyl (C=O) groups is 10. The van der Waals surface area contributed by atoms with Crippen molar-refractivity contribution in [2.24, 2.45) is 0 Å². The predicted octanol–water partition coefficient (Wildman–Crippen LogP) is 3.61. The van der Waals surface area contributed by atoms with E-state index in [0.717, 1.165) is 28.0 Å². The summed E-state index contributed by atoms with van der Waals surface area (Å²) in [4.78, 5) is 136. The van der Waals surface area contributed by atoms with Crippen LogP contribution in [0.5, 0.6) is 0 Å². The second-order valence-electron chi connectivity index (χ2n) is 14.1. The van der Waals surface area contributed by atoms with Gasteiger partial charge in [0.05, 0.1) is 44.1 Å². The number of alkyl halides is 3. The Bertz CT molecular complexity index is 2750. The Labute approximate surface area is 350 Å². The van der Waals surface area contributed by atoms with E-state index in [4.69, 9.17) is 0 Å². The summed E-state index contributed by atoms with van der Waals surface area (Å²) in [5.74, 6) is -7.25. The number of nitro groups is 1. The average Bonchev–Trinajstić information content (AvgIpc) is 3.65. The van der Waals surface area contributed by atoms with Crippen molar-refractivity contribution in [3.8, 4) is 0 Å². The molecule has 8 rings (SSSR count). The number of nitrogens with zero attached hydrogens (tertiary/aromatic N) is 3. The lowest BCUT2D eigenvalue weighted by molar-refractivity contribution is -0.384. The van der Waals surface area contributed by atoms with E-state index >= 15 is 0 Å². The summed E-state index contributed by atoms with van der Waals surface area (Å²) in [6.07, 6.45) is -4.74. The van der Waals surface area contributed by atoms with Crippen molar-refractivity contribution in [1.82, 2.24) is 20.4 Å². The summed E-state index contributed by atoms with van der Waals surface area (Å²) in [5.41, 5.74) is -1.98. The largest absolute Gasteiger partial charge is 0.416 e. The van der Waals surface area contributed by atoms with Gasteiger partial charge in [-0.2, -0.15) is 13.2 Å². The maximum atomic E-state index is 13.0. The molecule has 0 aromatic heterocycles. The fourth-order valence-electron chi connectivity index (χ4n) is 7.22. The highest BCUT2D eigenvalue weighted by Gasteiger charge is 2.47. The van der Waals surface area contributed by atoms with Crippen molar-refractivity contribution in [1.29, 1.82) is 0 Å². The number of rotatable bonds is 7. The number of nitrogens with one attached hydrogen (secondary N) is 4. The fraction of sp³-hybridized carbons (Fsp3) is 0.171. The molecule has 63 heavy (non-hydrogen) atoms. The summed E-state index contributed by atoms with van der Waals surface area (Å²) in [6.45, 7) is 0. The van der Waals surface area contributed by atoms with E-state index in [9.17, 15) is 71.2 Å². The van der Waals surface area contributed by atoms with Gasteiger partial charge in [-0.3, -0.25) is 78.5 Å². The average molecular weight is 868 g/mol. The summed E-state index contributed by atoms with van der Waals surface area (Å²) in [5, 5.41) is 20.0. The van der Waals surface area contributed by atoms with Crippen LogP contribution < -0.4 is 21.3 Å². The number of halogens is 3. The highest BCUT2D eigenvalue weighted by atomic mass is 19.4. The normalized spacial score (nSPS) is 18.2. The van der Waals surface area contributed by atoms with Crippen LogP contribution in [0.2, 0.25) is 0 Å². The number of hydrogen-bond acceptors (Lipinski definition) is 12. The van der Waals surface area contributed by atoms with Gasteiger partial charge in [-0.1, -0.05) is 24.3 Å². The van der Waals surface area contributed by atoms with E-state index in [1.807, 2.05) is 0 Å². The quantitative estimate of drug-likeness (QED) is 0.118. The van der Waals surface area contributed by atoms with Gasteiger partial charge in [-0.25, -0.2) is 0 Å². The van der Waals surface area contributed by atoms with Gasteiger partial charge in [0.25, 0.3) is 41.1 Å². The zero-order chi connectivity index (χ0) is 45.5. The smallest absolute Gasteiger partial charge is 0.321 e. The lowest BCUT2D eigenvalue weighted by atomic mass is 10.0.